The van der Waals surface area contributed by atoms with E-state index in [1.165, 1.54) is 11.9 Å². The molecule has 0 atom stereocenters. The van der Waals surface area contributed by atoms with Crippen LogP contribution in [0.4, 0.5) is 0 Å². The molecular weight excluding hydrogens is 198 g/mol. The Morgan fingerprint density at radius 2 is 2.27 bits per heavy atom. The zero-order valence-electron chi connectivity index (χ0n) is 8.76. The molecular formula is C8H11N5O2. The van der Waals surface area contributed by atoms with Crippen molar-refractivity contribution in [2.24, 2.45) is 0 Å². The maximum Gasteiger partial charge on any atom is 0.316 e. The molecule has 0 unspecified atom stereocenters. The van der Waals surface area contributed by atoms with Crippen LogP contribution in [0.1, 0.15) is 12.8 Å². The molecule has 0 aliphatic carbocycles. The second-order valence-electron chi connectivity index (χ2n) is 2.87. The molecule has 0 saturated heterocycles. The second kappa shape index (κ2) is 3.68. The smallest absolute Gasteiger partial charge is 0.316 e. The van der Waals surface area contributed by atoms with Gasteiger partial charge in [0, 0.05) is 6.92 Å². The Labute approximate surface area is 86.1 Å². The van der Waals surface area contributed by atoms with Crippen molar-refractivity contribution in [1.29, 1.82) is 0 Å². The van der Waals surface area contributed by atoms with E-state index in [2.05, 4.69) is 20.4 Å². The highest BCUT2D eigenvalue weighted by atomic mass is 16.6. The Hall–Kier alpha value is -1.92. The minimum Gasteiger partial charge on any atom is -0.467 e. The van der Waals surface area contributed by atoms with E-state index in [1.54, 1.807) is 6.92 Å². The fraction of sp³-hybridized carbons (Fsp3) is 0.500. The van der Waals surface area contributed by atoms with Crippen LogP contribution in [-0.4, -0.2) is 32.3 Å². The van der Waals surface area contributed by atoms with E-state index >= 15 is 0 Å². The van der Waals surface area contributed by atoms with Crippen LogP contribution in [0.15, 0.2) is 4.42 Å². The molecule has 0 N–H and O–H groups in total. The lowest BCUT2D eigenvalue weighted by molar-refractivity contribution is 0.298. The van der Waals surface area contributed by atoms with Crippen LogP contribution < -0.4 is 4.74 Å². The topological polar surface area (TPSA) is 78.9 Å². The van der Waals surface area contributed by atoms with Gasteiger partial charge in [0.05, 0.1) is 13.7 Å². The zero-order chi connectivity index (χ0) is 10.8. The summed E-state index contributed by atoms with van der Waals surface area (Å²) in [7, 11) is 1.51. The average molecular weight is 209 g/mol. The van der Waals surface area contributed by atoms with Gasteiger partial charge in [-0.05, 0) is 12.1 Å². The minimum atomic E-state index is 0.308. The van der Waals surface area contributed by atoms with Gasteiger partial charge in [-0.2, -0.15) is 4.80 Å². The number of rotatable bonds is 3. The fourth-order valence-corrected chi connectivity index (χ4v) is 1.16. The number of oxazole rings is 1. The summed E-state index contributed by atoms with van der Waals surface area (Å²) in [4.78, 5) is 5.60. The molecule has 0 aromatic carbocycles. The molecule has 2 rings (SSSR count). The van der Waals surface area contributed by atoms with Crippen molar-refractivity contribution in [2.45, 2.75) is 20.4 Å². The number of nitrogens with zero attached hydrogens (tertiary/aromatic N) is 5. The first-order valence-electron chi connectivity index (χ1n) is 4.54. The van der Waals surface area contributed by atoms with E-state index in [1.807, 2.05) is 6.92 Å². The molecule has 0 bridgehead atoms. The molecule has 0 spiro atoms. The first-order chi connectivity index (χ1) is 7.24. The molecule has 0 aliphatic rings. The molecule has 0 saturated carbocycles. The Morgan fingerprint density at radius 3 is 2.87 bits per heavy atom. The van der Waals surface area contributed by atoms with E-state index < -0.39 is 0 Å². The molecule has 80 valence electrons. The van der Waals surface area contributed by atoms with Gasteiger partial charge in [0.25, 0.3) is 0 Å². The maximum atomic E-state index is 5.21. The lowest BCUT2D eigenvalue weighted by Gasteiger charge is -1.92. The van der Waals surface area contributed by atoms with Crippen LogP contribution in [-0.2, 0) is 6.54 Å². The van der Waals surface area contributed by atoms with Gasteiger partial charge in [-0.1, -0.05) is 0 Å². The molecule has 0 amide bonds. The van der Waals surface area contributed by atoms with Crippen molar-refractivity contribution in [2.75, 3.05) is 7.11 Å². The summed E-state index contributed by atoms with van der Waals surface area (Å²) in [5.41, 5.74) is 0.481. The Kier molecular flexibility index (Phi) is 2.36. The molecule has 2 aromatic heterocycles. The number of aryl methyl sites for hydroxylation is 2. The summed E-state index contributed by atoms with van der Waals surface area (Å²) in [6.45, 7) is 4.32. The first kappa shape index (κ1) is 9.63. The normalized spacial score (nSPS) is 10.6. The predicted molar refractivity (Wildman–Crippen MR) is 50.3 cm³/mol. The SMILES string of the molecule is CCn1nnc(-c2nc(C)oc2OC)n1. The lowest BCUT2D eigenvalue weighted by Crippen LogP contribution is -1.98. The summed E-state index contributed by atoms with van der Waals surface area (Å²) in [5, 5.41) is 11.8. The summed E-state index contributed by atoms with van der Waals surface area (Å²) >= 11 is 0. The van der Waals surface area contributed by atoms with Gasteiger partial charge >= 0.3 is 5.95 Å². The predicted octanol–water partition coefficient (Wildman–Crippen LogP) is 0.665. The third-order valence-electron chi connectivity index (χ3n) is 1.84. The number of ether oxygens (including phenoxy) is 1. The van der Waals surface area contributed by atoms with Crippen molar-refractivity contribution < 1.29 is 9.15 Å². The quantitative estimate of drug-likeness (QED) is 0.739. The van der Waals surface area contributed by atoms with Gasteiger partial charge in [0.15, 0.2) is 11.6 Å². The van der Waals surface area contributed by atoms with Gasteiger partial charge < -0.3 is 9.15 Å². The molecule has 2 aromatic rings. The van der Waals surface area contributed by atoms with Crippen molar-refractivity contribution in [1.82, 2.24) is 25.2 Å². The molecule has 0 radical (unpaired) electrons. The van der Waals surface area contributed by atoms with Crippen molar-refractivity contribution in [3.8, 4) is 17.5 Å². The fourth-order valence-electron chi connectivity index (χ4n) is 1.16. The zero-order valence-corrected chi connectivity index (χ0v) is 8.76. The summed E-state index contributed by atoms with van der Waals surface area (Å²) in [5.74, 6) is 1.23. The third kappa shape index (κ3) is 1.67. The van der Waals surface area contributed by atoms with Crippen LogP contribution in [0.3, 0.4) is 0 Å². The molecule has 0 aliphatic heterocycles. The Morgan fingerprint density at radius 1 is 1.47 bits per heavy atom. The van der Waals surface area contributed by atoms with Gasteiger partial charge in [-0.25, -0.2) is 4.98 Å². The molecule has 15 heavy (non-hydrogen) atoms. The van der Waals surface area contributed by atoms with Crippen LogP contribution in [0.5, 0.6) is 5.95 Å². The van der Waals surface area contributed by atoms with Gasteiger partial charge in [0.1, 0.15) is 0 Å². The number of hydrogen-bond acceptors (Lipinski definition) is 6. The van der Waals surface area contributed by atoms with E-state index in [9.17, 15) is 0 Å². The highest BCUT2D eigenvalue weighted by Crippen LogP contribution is 2.26. The van der Waals surface area contributed by atoms with Gasteiger partial charge in [0.2, 0.25) is 5.82 Å². The maximum absolute atomic E-state index is 5.21. The van der Waals surface area contributed by atoms with E-state index in [0.717, 1.165) is 0 Å². The van der Waals surface area contributed by atoms with Crippen LogP contribution in [0, 0.1) is 6.92 Å². The number of tetrazole rings is 1. The average Bonchev–Trinajstić information content (AvgIpc) is 2.82. The number of methoxy groups -OCH3 is 1. The van der Waals surface area contributed by atoms with Crippen LogP contribution in [0.25, 0.3) is 11.5 Å². The van der Waals surface area contributed by atoms with Gasteiger partial charge in [-0.3, -0.25) is 0 Å². The number of aromatic nitrogens is 5. The summed E-state index contributed by atoms with van der Waals surface area (Å²) in [6, 6.07) is 0. The second-order valence-corrected chi connectivity index (χ2v) is 2.87. The van der Waals surface area contributed by atoms with E-state index in [0.29, 0.717) is 29.9 Å². The summed E-state index contributed by atoms with van der Waals surface area (Å²) in [6.07, 6.45) is 0. The molecule has 7 heteroatoms. The van der Waals surface area contributed by atoms with Crippen molar-refractivity contribution >= 4 is 0 Å². The number of hydrogen-bond donors (Lipinski definition) is 0. The van der Waals surface area contributed by atoms with E-state index in [4.69, 9.17) is 9.15 Å². The molecule has 0 fully saturated rings. The van der Waals surface area contributed by atoms with Crippen molar-refractivity contribution in [3.63, 3.8) is 0 Å². The van der Waals surface area contributed by atoms with Gasteiger partial charge in [-0.15, -0.1) is 10.2 Å². The standard InChI is InChI=1S/C8H11N5O2/c1-4-13-11-7(10-12-13)6-8(14-3)15-5(2)9-6/h4H2,1-3H3. The molecule has 2 heterocycles. The molecule has 7 nitrogen and oxygen atoms in total. The monoisotopic (exact) mass is 209 g/mol. The first-order valence-corrected chi connectivity index (χ1v) is 4.54. The highest BCUT2D eigenvalue weighted by molar-refractivity contribution is 5.54. The van der Waals surface area contributed by atoms with Crippen molar-refractivity contribution in [3.05, 3.63) is 5.89 Å². The third-order valence-corrected chi connectivity index (χ3v) is 1.84. The minimum absolute atomic E-state index is 0.308. The Balaban J connectivity index is 2.43. The highest BCUT2D eigenvalue weighted by Gasteiger charge is 2.18. The Bertz CT molecular complexity index is 461. The lowest BCUT2D eigenvalue weighted by atomic mass is 10.4. The van der Waals surface area contributed by atoms with Crippen LogP contribution >= 0.6 is 0 Å². The largest absolute Gasteiger partial charge is 0.467 e. The van der Waals surface area contributed by atoms with E-state index in [-0.39, 0.29) is 0 Å². The summed E-state index contributed by atoms with van der Waals surface area (Å²) < 4.78 is 10.2. The van der Waals surface area contributed by atoms with Crippen LogP contribution in [0.2, 0.25) is 0 Å².